The number of aryl methyl sites for hydroxylation is 1. The molecule has 3 N–H and O–H groups in total. The standard InChI is InChI=1S/C14H21N3O3/c1-9-3-4-12(20-9)10(2)16-14(19)17-7-5-11(6-8-17)13(15)18/h3-4,10-11H,5-8H2,1-2H3,(H2,15,18)(H,16,19). The predicted molar refractivity (Wildman–Crippen MR) is 73.9 cm³/mol. The number of nitrogens with two attached hydrogens (primary N) is 1. The minimum absolute atomic E-state index is 0.107. The molecule has 6 heteroatoms. The van der Waals surface area contributed by atoms with Crippen molar-refractivity contribution in [2.75, 3.05) is 13.1 Å². The number of hydrogen-bond acceptors (Lipinski definition) is 3. The molecule has 1 fully saturated rings. The number of piperidine rings is 1. The Morgan fingerprint density at radius 1 is 1.40 bits per heavy atom. The molecule has 110 valence electrons. The summed E-state index contributed by atoms with van der Waals surface area (Å²) in [5.74, 6) is 1.18. The lowest BCUT2D eigenvalue weighted by Crippen LogP contribution is -2.46. The summed E-state index contributed by atoms with van der Waals surface area (Å²) in [6, 6.07) is 3.43. The molecular weight excluding hydrogens is 258 g/mol. The lowest BCUT2D eigenvalue weighted by molar-refractivity contribution is -0.123. The van der Waals surface area contributed by atoms with E-state index >= 15 is 0 Å². The van der Waals surface area contributed by atoms with Gasteiger partial charge in [0.2, 0.25) is 5.91 Å². The Morgan fingerprint density at radius 3 is 2.55 bits per heavy atom. The highest BCUT2D eigenvalue weighted by atomic mass is 16.3. The summed E-state index contributed by atoms with van der Waals surface area (Å²) < 4.78 is 5.49. The van der Waals surface area contributed by atoms with E-state index in [-0.39, 0.29) is 23.9 Å². The second-order valence-corrected chi connectivity index (χ2v) is 5.28. The van der Waals surface area contributed by atoms with Crippen molar-refractivity contribution in [3.05, 3.63) is 23.7 Å². The van der Waals surface area contributed by atoms with Gasteiger partial charge in [-0.15, -0.1) is 0 Å². The van der Waals surface area contributed by atoms with E-state index < -0.39 is 0 Å². The molecule has 1 saturated heterocycles. The first-order valence-electron chi connectivity index (χ1n) is 6.88. The Kier molecular flexibility index (Phi) is 4.32. The summed E-state index contributed by atoms with van der Waals surface area (Å²) in [4.78, 5) is 24.9. The van der Waals surface area contributed by atoms with Crippen LogP contribution in [0.15, 0.2) is 16.5 Å². The second kappa shape index (κ2) is 5.98. The van der Waals surface area contributed by atoms with Crippen LogP contribution in [0.4, 0.5) is 4.79 Å². The number of furan rings is 1. The van der Waals surface area contributed by atoms with Crippen LogP contribution < -0.4 is 11.1 Å². The Labute approximate surface area is 118 Å². The average Bonchev–Trinajstić information content (AvgIpc) is 2.85. The number of urea groups is 1. The number of likely N-dealkylation sites (tertiary alicyclic amines) is 1. The third-order valence-electron chi connectivity index (χ3n) is 3.71. The van der Waals surface area contributed by atoms with Crippen LogP contribution >= 0.6 is 0 Å². The maximum absolute atomic E-state index is 12.1. The summed E-state index contributed by atoms with van der Waals surface area (Å²) in [5, 5.41) is 2.90. The molecule has 6 nitrogen and oxygen atoms in total. The lowest BCUT2D eigenvalue weighted by Gasteiger charge is -2.31. The van der Waals surface area contributed by atoms with Gasteiger partial charge in [0, 0.05) is 19.0 Å². The van der Waals surface area contributed by atoms with Crippen LogP contribution in [0.1, 0.15) is 37.3 Å². The molecule has 0 saturated carbocycles. The van der Waals surface area contributed by atoms with Crippen molar-refractivity contribution in [2.45, 2.75) is 32.7 Å². The molecule has 0 aromatic carbocycles. The summed E-state index contributed by atoms with van der Waals surface area (Å²) in [7, 11) is 0. The molecule has 0 aliphatic carbocycles. The van der Waals surface area contributed by atoms with Gasteiger partial charge < -0.3 is 20.4 Å². The fraction of sp³-hybridized carbons (Fsp3) is 0.571. The smallest absolute Gasteiger partial charge is 0.317 e. The maximum atomic E-state index is 12.1. The topological polar surface area (TPSA) is 88.6 Å². The van der Waals surface area contributed by atoms with Gasteiger partial charge in [0.1, 0.15) is 11.5 Å². The maximum Gasteiger partial charge on any atom is 0.317 e. The molecule has 0 radical (unpaired) electrons. The minimum Gasteiger partial charge on any atom is -0.464 e. The van der Waals surface area contributed by atoms with Crippen LogP contribution in [-0.2, 0) is 4.79 Å². The van der Waals surface area contributed by atoms with E-state index in [4.69, 9.17) is 10.2 Å². The molecule has 2 rings (SSSR count). The highest BCUT2D eigenvalue weighted by Gasteiger charge is 2.26. The van der Waals surface area contributed by atoms with Gasteiger partial charge in [-0.1, -0.05) is 0 Å². The van der Waals surface area contributed by atoms with Crippen molar-refractivity contribution < 1.29 is 14.0 Å². The summed E-state index contributed by atoms with van der Waals surface area (Å²) in [5.41, 5.74) is 5.28. The first-order valence-corrected chi connectivity index (χ1v) is 6.88. The van der Waals surface area contributed by atoms with Gasteiger partial charge in [-0.25, -0.2) is 4.79 Å². The van der Waals surface area contributed by atoms with Gasteiger partial charge in [-0.2, -0.15) is 0 Å². The van der Waals surface area contributed by atoms with Crippen molar-refractivity contribution in [3.8, 4) is 0 Å². The van der Waals surface area contributed by atoms with Crippen LogP contribution in [0.25, 0.3) is 0 Å². The molecule has 1 aliphatic heterocycles. The molecule has 0 bridgehead atoms. The van der Waals surface area contributed by atoms with Crippen LogP contribution in [0.3, 0.4) is 0 Å². The Bertz CT molecular complexity index is 490. The number of primary amides is 1. The predicted octanol–water partition coefficient (Wildman–Crippen LogP) is 1.56. The van der Waals surface area contributed by atoms with Gasteiger partial charge in [-0.3, -0.25) is 4.79 Å². The van der Waals surface area contributed by atoms with E-state index in [2.05, 4.69) is 5.32 Å². The Morgan fingerprint density at radius 2 is 2.05 bits per heavy atom. The van der Waals surface area contributed by atoms with Gasteiger partial charge in [0.15, 0.2) is 0 Å². The number of hydrogen-bond donors (Lipinski definition) is 2. The fourth-order valence-electron chi connectivity index (χ4n) is 2.40. The number of carbonyl (C=O) groups excluding carboxylic acids is 2. The number of nitrogens with zero attached hydrogens (tertiary/aromatic N) is 1. The zero-order valence-electron chi connectivity index (χ0n) is 11.9. The lowest BCUT2D eigenvalue weighted by atomic mass is 9.96. The van der Waals surface area contributed by atoms with E-state index in [0.29, 0.717) is 25.9 Å². The highest BCUT2D eigenvalue weighted by Crippen LogP contribution is 2.19. The summed E-state index contributed by atoms with van der Waals surface area (Å²) >= 11 is 0. The van der Waals surface area contributed by atoms with Gasteiger partial charge in [0.05, 0.1) is 6.04 Å². The van der Waals surface area contributed by atoms with E-state index in [0.717, 1.165) is 11.5 Å². The van der Waals surface area contributed by atoms with Crippen molar-refractivity contribution in [3.63, 3.8) is 0 Å². The van der Waals surface area contributed by atoms with Crippen molar-refractivity contribution >= 4 is 11.9 Å². The molecule has 0 spiro atoms. The quantitative estimate of drug-likeness (QED) is 0.880. The fourth-order valence-corrected chi connectivity index (χ4v) is 2.40. The first kappa shape index (κ1) is 14.4. The molecule has 1 unspecified atom stereocenters. The number of amides is 3. The average molecular weight is 279 g/mol. The molecule has 2 heterocycles. The zero-order chi connectivity index (χ0) is 14.7. The third kappa shape index (κ3) is 3.31. The highest BCUT2D eigenvalue weighted by molar-refractivity contribution is 5.78. The number of carbonyl (C=O) groups is 2. The third-order valence-corrected chi connectivity index (χ3v) is 3.71. The van der Waals surface area contributed by atoms with Gasteiger partial charge >= 0.3 is 6.03 Å². The molecule has 3 amide bonds. The van der Waals surface area contributed by atoms with Crippen molar-refractivity contribution in [1.82, 2.24) is 10.2 Å². The van der Waals surface area contributed by atoms with Crippen LogP contribution in [0.5, 0.6) is 0 Å². The second-order valence-electron chi connectivity index (χ2n) is 5.28. The van der Waals surface area contributed by atoms with Gasteiger partial charge in [-0.05, 0) is 38.8 Å². The summed E-state index contributed by atoms with van der Waals surface area (Å²) in [6.45, 7) is 4.87. The van der Waals surface area contributed by atoms with E-state index in [1.54, 1.807) is 4.90 Å². The van der Waals surface area contributed by atoms with E-state index in [1.807, 2.05) is 26.0 Å². The molecule has 1 aromatic heterocycles. The Balaban J connectivity index is 1.85. The molecule has 20 heavy (non-hydrogen) atoms. The Hall–Kier alpha value is -1.98. The minimum atomic E-state index is -0.274. The van der Waals surface area contributed by atoms with Crippen LogP contribution in [-0.4, -0.2) is 29.9 Å². The molecule has 1 aromatic rings. The first-order chi connectivity index (χ1) is 9.47. The largest absolute Gasteiger partial charge is 0.464 e. The SMILES string of the molecule is Cc1ccc(C(C)NC(=O)N2CCC(C(N)=O)CC2)o1. The van der Waals surface area contributed by atoms with E-state index in [9.17, 15) is 9.59 Å². The van der Waals surface area contributed by atoms with E-state index in [1.165, 1.54) is 0 Å². The van der Waals surface area contributed by atoms with Crippen molar-refractivity contribution in [1.29, 1.82) is 0 Å². The normalized spacial score (nSPS) is 17.8. The molecule has 1 aliphatic rings. The van der Waals surface area contributed by atoms with Crippen LogP contribution in [0, 0.1) is 12.8 Å². The molecule has 1 atom stereocenters. The van der Waals surface area contributed by atoms with Crippen molar-refractivity contribution in [2.24, 2.45) is 11.7 Å². The van der Waals surface area contributed by atoms with Crippen LogP contribution in [0.2, 0.25) is 0 Å². The number of rotatable bonds is 3. The zero-order valence-corrected chi connectivity index (χ0v) is 11.9. The molecular formula is C14H21N3O3. The number of nitrogens with one attached hydrogen (secondary N) is 1. The monoisotopic (exact) mass is 279 g/mol. The van der Waals surface area contributed by atoms with Gasteiger partial charge in [0.25, 0.3) is 0 Å². The summed E-state index contributed by atoms with van der Waals surface area (Å²) in [6.07, 6.45) is 1.27.